The molecule has 10 heteroatoms. The van der Waals surface area contributed by atoms with Gasteiger partial charge in [-0.05, 0) is 54.7 Å². The molecule has 0 saturated carbocycles. The zero-order valence-corrected chi connectivity index (χ0v) is 19.1. The normalized spacial score (nSPS) is 17.9. The Morgan fingerprint density at radius 3 is 2.41 bits per heavy atom. The number of carboxylic acids is 1. The summed E-state index contributed by atoms with van der Waals surface area (Å²) in [6.07, 6.45) is 0.428. The Balaban J connectivity index is 1.75. The molecule has 3 rings (SSSR count). The molecule has 2 aromatic rings. The van der Waals surface area contributed by atoms with Gasteiger partial charge in [-0.2, -0.15) is 5.01 Å². The molecule has 0 radical (unpaired) electrons. The number of hydrogen-bond acceptors (Lipinski definition) is 4. The zero-order valence-electron chi connectivity index (χ0n) is 17.5. The molecule has 5 amide bonds. The number of carboxylic acid groups (broad SMARTS) is 1. The van der Waals surface area contributed by atoms with E-state index in [1.165, 1.54) is 6.07 Å². The van der Waals surface area contributed by atoms with Gasteiger partial charge >= 0.3 is 18.0 Å². The number of benzene rings is 2. The minimum absolute atomic E-state index is 0.145. The number of urea groups is 2. The first-order valence-electron chi connectivity index (χ1n) is 9.95. The summed E-state index contributed by atoms with van der Waals surface area (Å²) in [5.41, 5.74) is 2.20. The average molecular weight is 503 g/mol. The lowest BCUT2D eigenvalue weighted by atomic mass is 9.81. The summed E-state index contributed by atoms with van der Waals surface area (Å²) in [6.45, 7) is 3.57. The number of imide groups is 1. The lowest BCUT2D eigenvalue weighted by Gasteiger charge is -2.31. The van der Waals surface area contributed by atoms with Crippen molar-refractivity contribution in [1.29, 1.82) is 0 Å². The summed E-state index contributed by atoms with van der Waals surface area (Å²) in [4.78, 5) is 49.6. The number of carbonyl (C=O) groups excluding carboxylic acids is 3. The number of rotatable bonds is 7. The predicted molar refractivity (Wildman–Crippen MR) is 121 cm³/mol. The van der Waals surface area contributed by atoms with Crippen LogP contribution in [-0.4, -0.2) is 39.6 Å². The SMILES string of the molecule is CC(C)C1(CCc2ccccc2C(=O)O)NC(=O)N(NC(=O)Nc2ccc(Br)cc2)C1=O. The van der Waals surface area contributed by atoms with Gasteiger partial charge in [0, 0.05) is 10.2 Å². The van der Waals surface area contributed by atoms with Gasteiger partial charge in [-0.3, -0.25) is 4.79 Å². The Morgan fingerprint density at radius 2 is 1.78 bits per heavy atom. The second-order valence-corrected chi connectivity index (χ2v) is 8.65. The highest BCUT2D eigenvalue weighted by Gasteiger charge is 2.53. The highest BCUT2D eigenvalue weighted by Crippen LogP contribution is 2.31. The molecule has 1 aliphatic rings. The van der Waals surface area contributed by atoms with Crippen LogP contribution in [0.5, 0.6) is 0 Å². The number of hydrogen-bond donors (Lipinski definition) is 4. The number of nitrogens with one attached hydrogen (secondary N) is 3. The lowest BCUT2D eigenvalue weighted by molar-refractivity contribution is -0.134. The van der Waals surface area contributed by atoms with Crippen LogP contribution in [0.2, 0.25) is 0 Å². The number of carbonyl (C=O) groups is 4. The summed E-state index contributed by atoms with van der Waals surface area (Å²) >= 11 is 3.30. The van der Waals surface area contributed by atoms with Gasteiger partial charge < -0.3 is 15.7 Å². The van der Waals surface area contributed by atoms with Crippen LogP contribution in [0.3, 0.4) is 0 Å². The Kier molecular flexibility index (Phi) is 6.83. The van der Waals surface area contributed by atoms with Gasteiger partial charge in [0.2, 0.25) is 0 Å². The van der Waals surface area contributed by atoms with E-state index in [4.69, 9.17) is 0 Å². The zero-order chi connectivity index (χ0) is 23.5. The van der Waals surface area contributed by atoms with Gasteiger partial charge in [-0.1, -0.05) is 48.0 Å². The Morgan fingerprint density at radius 1 is 1.12 bits per heavy atom. The van der Waals surface area contributed by atoms with Gasteiger partial charge in [-0.15, -0.1) is 0 Å². The lowest BCUT2D eigenvalue weighted by Crippen LogP contribution is -2.54. The topological polar surface area (TPSA) is 128 Å². The summed E-state index contributed by atoms with van der Waals surface area (Å²) in [5.74, 6) is -1.97. The summed E-state index contributed by atoms with van der Waals surface area (Å²) in [7, 11) is 0. The minimum Gasteiger partial charge on any atom is -0.478 e. The van der Waals surface area contributed by atoms with Crippen molar-refractivity contribution in [3.05, 3.63) is 64.1 Å². The number of amides is 5. The second-order valence-electron chi connectivity index (χ2n) is 7.73. The molecular formula is C22H23BrN4O5. The van der Waals surface area contributed by atoms with Crippen LogP contribution < -0.4 is 16.1 Å². The smallest absolute Gasteiger partial charge is 0.344 e. The average Bonchev–Trinajstić information content (AvgIpc) is 2.99. The van der Waals surface area contributed by atoms with Gasteiger partial charge in [0.25, 0.3) is 5.91 Å². The van der Waals surface area contributed by atoms with Crippen molar-refractivity contribution in [3.63, 3.8) is 0 Å². The standard InChI is InChI=1S/C22H23BrN4O5/c1-13(2)22(12-11-14-5-3-4-6-17(14)18(28)29)19(30)27(21(32)25-22)26-20(31)24-16-9-7-15(23)8-10-16/h3-10,13H,11-12H2,1-2H3,(H,25,32)(H,28,29)(H2,24,26,31). The van der Waals surface area contributed by atoms with E-state index in [-0.39, 0.29) is 24.3 Å². The van der Waals surface area contributed by atoms with Gasteiger partial charge in [0.05, 0.1) is 5.56 Å². The number of halogens is 1. The van der Waals surface area contributed by atoms with Gasteiger partial charge in [-0.25, -0.2) is 19.8 Å². The molecule has 1 aliphatic heterocycles. The van der Waals surface area contributed by atoms with E-state index in [2.05, 4.69) is 32.0 Å². The van der Waals surface area contributed by atoms with Crippen LogP contribution in [0.4, 0.5) is 15.3 Å². The molecule has 1 unspecified atom stereocenters. The summed E-state index contributed by atoms with van der Waals surface area (Å²) < 4.78 is 0.837. The molecule has 0 spiro atoms. The van der Waals surface area contributed by atoms with E-state index >= 15 is 0 Å². The van der Waals surface area contributed by atoms with Crippen molar-refractivity contribution in [3.8, 4) is 0 Å². The highest BCUT2D eigenvalue weighted by molar-refractivity contribution is 9.10. The molecule has 0 aromatic heterocycles. The van der Waals surface area contributed by atoms with Crippen LogP contribution in [0, 0.1) is 5.92 Å². The molecular weight excluding hydrogens is 480 g/mol. The molecule has 1 saturated heterocycles. The molecule has 0 bridgehead atoms. The fraction of sp³-hybridized carbons (Fsp3) is 0.273. The van der Waals surface area contributed by atoms with Crippen molar-refractivity contribution < 1.29 is 24.3 Å². The maximum Gasteiger partial charge on any atom is 0.344 e. The van der Waals surface area contributed by atoms with Crippen molar-refractivity contribution >= 4 is 45.6 Å². The van der Waals surface area contributed by atoms with E-state index in [1.54, 1.807) is 56.3 Å². The van der Waals surface area contributed by atoms with Crippen molar-refractivity contribution in [1.82, 2.24) is 15.8 Å². The first kappa shape index (κ1) is 23.3. The van der Waals surface area contributed by atoms with Crippen LogP contribution in [0.25, 0.3) is 0 Å². The van der Waals surface area contributed by atoms with Crippen LogP contribution in [-0.2, 0) is 11.2 Å². The first-order valence-corrected chi connectivity index (χ1v) is 10.7. The molecule has 1 fully saturated rings. The monoisotopic (exact) mass is 502 g/mol. The van der Waals surface area contributed by atoms with Crippen molar-refractivity contribution in [2.24, 2.45) is 5.92 Å². The van der Waals surface area contributed by atoms with E-state index in [0.29, 0.717) is 16.3 Å². The van der Waals surface area contributed by atoms with E-state index in [0.717, 1.165) is 4.47 Å². The number of aryl methyl sites for hydroxylation is 1. The molecule has 1 atom stereocenters. The molecule has 2 aromatic carbocycles. The van der Waals surface area contributed by atoms with Crippen LogP contribution >= 0.6 is 15.9 Å². The second kappa shape index (κ2) is 9.39. The third-order valence-electron chi connectivity index (χ3n) is 5.46. The molecule has 168 valence electrons. The summed E-state index contributed by atoms with van der Waals surface area (Å²) in [6, 6.07) is 11.8. The molecule has 32 heavy (non-hydrogen) atoms. The van der Waals surface area contributed by atoms with Gasteiger partial charge in [0.15, 0.2) is 0 Å². The van der Waals surface area contributed by atoms with Gasteiger partial charge in [0.1, 0.15) is 5.54 Å². The quantitative estimate of drug-likeness (QED) is 0.428. The highest BCUT2D eigenvalue weighted by atomic mass is 79.9. The third kappa shape index (κ3) is 4.75. The minimum atomic E-state index is -1.28. The number of hydrazine groups is 1. The predicted octanol–water partition coefficient (Wildman–Crippen LogP) is 3.76. The molecule has 4 N–H and O–H groups in total. The summed E-state index contributed by atoms with van der Waals surface area (Å²) in [5, 5.41) is 15.3. The molecule has 0 aliphatic carbocycles. The fourth-order valence-electron chi connectivity index (χ4n) is 3.62. The van der Waals surface area contributed by atoms with Crippen LogP contribution in [0.1, 0.15) is 36.2 Å². The Hall–Kier alpha value is -3.40. The molecule has 9 nitrogen and oxygen atoms in total. The Bertz CT molecular complexity index is 1060. The number of anilines is 1. The van der Waals surface area contributed by atoms with E-state index in [9.17, 15) is 24.3 Å². The Labute approximate surface area is 193 Å². The van der Waals surface area contributed by atoms with E-state index in [1.807, 2.05) is 0 Å². The fourth-order valence-corrected chi connectivity index (χ4v) is 3.88. The number of nitrogens with zero attached hydrogens (tertiary/aromatic N) is 1. The first-order chi connectivity index (χ1) is 15.1. The third-order valence-corrected chi connectivity index (χ3v) is 5.98. The maximum atomic E-state index is 13.2. The van der Waals surface area contributed by atoms with Crippen molar-refractivity contribution in [2.45, 2.75) is 32.2 Å². The van der Waals surface area contributed by atoms with Crippen molar-refractivity contribution in [2.75, 3.05) is 5.32 Å². The number of aromatic carboxylic acids is 1. The van der Waals surface area contributed by atoms with E-state index < -0.39 is 29.5 Å². The maximum absolute atomic E-state index is 13.2. The largest absolute Gasteiger partial charge is 0.478 e. The molecule has 1 heterocycles. The van der Waals surface area contributed by atoms with Crippen LogP contribution in [0.15, 0.2) is 53.0 Å².